The van der Waals surface area contributed by atoms with Gasteiger partial charge in [-0.1, -0.05) is 6.92 Å². The van der Waals surface area contributed by atoms with Crippen LogP contribution in [0.3, 0.4) is 0 Å². The lowest BCUT2D eigenvalue weighted by molar-refractivity contribution is 0.244. The number of sulfonamides is 1. The Labute approximate surface area is 144 Å². The molecule has 0 fully saturated rings. The molecule has 2 rings (SSSR count). The maximum absolute atomic E-state index is 12.4. The van der Waals surface area contributed by atoms with Gasteiger partial charge in [-0.05, 0) is 63.8 Å². The number of hydrogen-bond acceptors (Lipinski definition) is 3. The van der Waals surface area contributed by atoms with Gasteiger partial charge in [0.2, 0.25) is 10.0 Å². The SMILES string of the molecule is CCCS(=O)(=O)N1CCCc2cc(NC(=O)NC(C)(C)C)ccc21. The molecule has 1 aromatic carbocycles. The van der Waals surface area contributed by atoms with E-state index >= 15 is 0 Å². The molecule has 0 aromatic heterocycles. The summed E-state index contributed by atoms with van der Waals surface area (Å²) >= 11 is 0. The predicted octanol–water partition coefficient (Wildman–Crippen LogP) is 3.10. The van der Waals surface area contributed by atoms with Gasteiger partial charge in [-0.2, -0.15) is 0 Å². The Kier molecular flexibility index (Phi) is 5.42. The van der Waals surface area contributed by atoms with E-state index in [-0.39, 0.29) is 17.3 Å². The van der Waals surface area contributed by atoms with Crippen LogP contribution in [-0.4, -0.2) is 32.3 Å². The molecule has 6 nitrogen and oxygen atoms in total. The molecule has 0 bridgehead atoms. The molecule has 0 aliphatic carbocycles. The number of aryl methyl sites for hydroxylation is 1. The van der Waals surface area contributed by atoms with Gasteiger partial charge < -0.3 is 10.6 Å². The molecule has 1 aliphatic rings. The molecule has 1 aromatic rings. The number of nitrogens with zero attached hydrogens (tertiary/aromatic N) is 1. The summed E-state index contributed by atoms with van der Waals surface area (Å²) in [5.41, 5.74) is 2.04. The van der Waals surface area contributed by atoms with Crippen LogP contribution in [0.2, 0.25) is 0 Å². The number of urea groups is 1. The van der Waals surface area contributed by atoms with Crippen molar-refractivity contribution in [2.24, 2.45) is 0 Å². The largest absolute Gasteiger partial charge is 0.333 e. The number of carbonyl (C=O) groups is 1. The monoisotopic (exact) mass is 353 g/mol. The summed E-state index contributed by atoms with van der Waals surface area (Å²) in [6.45, 7) is 8.12. The topological polar surface area (TPSA) is 78.5 Å². The smallest absolute Gasteiger partial charge is 0.319 e. The first-order valence-corrected chi connectivity index (χ1v) is 9.96. The quantitative estimate of drug-likeness (QED) is 0.873. The van der Waals surface area contributed by atoms with Gasteiger partial charge in [0.05, 0.1) is 11.4 Å². The fourth-order valence-corrected chi connectivity index (χ4v) is 4.42. The molecule has 0 spiro atoms. The summed E-state index contributed by atoms with van der Waals surface area (Å²) in [5, 5.41) is 5.65. The van der Waals surface area contributed by atoms with Crippen molar-refractivity contribution in [1.82, 2.24) is 5.32 Å². The summed E-state index contributed by atoms with van der Waals surface area (Å²) in [6, 6.07) is 5.13. The molecule has 2 amide bonds. The number of nitrogens with one attached hydrogen (secondary N) is 2. The number of benzene rings is 1. The maximum Gasteiger partial charge on any atom is 0.319 e. The minimum Gasteiger partial charge on any atom is -0.333 e. The number of amides is 2. The van der Waals surface area contributed by atoms with E-state index in [0.717, 1.165) is 24.1 Å². The van der Waals surface area contributed by atoms with E-state index in [1.165, 1.54) is 4.31 Å². The number of hydrogen-bond donors (Lipinski definition) is 2. The molecule has 0 radical (unpaired) electrons. The van der Waals surface area contributed by atoms with Crippen LogP contribution in [-0.2, 0) is 16.4 Å². The zero-order valence-electron chi connectivity index (χ0n) is 14.8. The van der Waals surface area contributed by atoms with Crippen molar-refractivity contribution in [3.63, 3.8) is 0 Å². The van der Waals surface area contributed by atoms with Crippen molar-refractivity contribution >= 4 is 27.4 Å². The van der Waals surface area contributed by atoms with Crippen LogP contribution in [0.1, 0.15) is 46.1 Å². The molecule has 0 saturated carbocycles. The average Bonchev–Trinajstić information content (AvgIpc) is 2.44. The van der Waals surface area contributed by atoms with Gasteiger partial charge in [0.1, 0.15) is 0 Å². The van der Waals surface area contributed by atoms with E-state index in [0.29, 0.717) is 18.7 Å². The second kappa shape index (κ2) is 7.01. The van der Waals surface area contributed by atoms with Crippen molar-refractivity contribution in [3.8, 4) is 0 Å². The van der Waals surface area contributed by atoms with Gasteiger partial charge in [0.15, 0.2) is 0 Å². The molecule has 24 heavy (non-hydrogen) atoms. The van der Waals surface area contributed by atoms with E-state index in [1.807, 2.05) is 33.8 Å². The fraction of sp³-hybridized carbons (Fsp3) is 0.588. The van der Waals surface area contributed by atoms with Gasteiger partial charge in [-0.25, -0.2) is 13.2 Å². The first-order valence-electron chi connectivity index (χ1n) is 8.35. The van der Waals surface area contributed by atoms with Crippen molar-refractivity contribution in [1.29, 1.82) is 0 Å². The second-order valence-electron chi connectivity index (χ2n) is 7.16. The van der Waals surface area contributed by atoms with Crippen LogP contribution in [0, 0.1) is 0 Å². The molecule has 1 heterocycles. The molecular weight excluding hydrogens is 326 g/mol. The molecule has 7 heteroatoms. The molecule has 0 saturated heterocycles. The highest BCUT2D eigenvalue weighted by molar-refractivity contribution is 7.92. The Morgan fingerprint density at radius 3 is 2.62 bits per heavy atom. The molecule has 1 aliphatic heterocycles. The minimum atomic E-state index is -3.27. The fourth-order valence-electron chi connectivity index (χ4n) is 2.80. The Morgan fingerprint density at radius 1 is 1.29 bits per heavy atom. The van der Waals surface area contributed by atoms with Crippen LogP contribution in [0.5, 0.6) is 0 Å². The highest BCUT2D eigenvalue weighted by atomic mass is 32.2. The number of rotatable bonds is 4. The predicted molar refractivity (Wildman–Crippen MR) is 98.1 cm³/mol. The van der Waals surface area contributed by atoms with E-state index < -0.39 is 10.0 Å². The maximum atomic E-state index is 12.4. The van der Waals surface area contributed by atoms with E-state index in [9.17, 15) is 13.2 Å². The number of fused-ring (bicyclic) bond motifs is 1. The lowest BCUT2D eigenvalue weighted by atomic mass is 10.0. The normalized spacial score (nSPS) is 14.9. The first-order chi connectivity index (χ1) is 11.1. The third-order valence-electron chi connectivity index (χ3n) is 3.70. The van der Waals surface area contributed by atoms with Crippen molar-refractivity contribution in [2.45, 2.75) is 52.5 Å². The Hall–Kier alpha value is -1.76. The molecule has 134 valence electrons. The molecular formula is C17H27N3O3S. The highest BCUT2D eigenvalue weighted by Gasteiger charge is 2.27. The zero-order valence-corrected chi connectivity index (χ0v) is 15.7. The van der Waals surface area contributed by atoms with Gasteiger partial charge >= 0.3 is 6.03 Å². The lowest BCUT2D eigenvalue weighted by Gasteiger charge is -2.31. The van der Waals surface area contributed by atoms with Crippen LogP contribution in [0.4, 0.5) is 16.2 Å². The number of anilines is 2. The highest BCUT2D eigenvalue weighted by Crippen LogP contribution is 2.32. The third kappa shape index (κ3) is 4.63. The van der Waals surface area contributed by atoms with Gasteiger partial charge in [-0.15, -0.1) is 0 Å². The van der Waals surface area contributed by atoms with Crippen molar-refractivity contribution in [2.75, 3.05) is 21.9 Å². The molecule has 0 atom stereocenters. The summed E-state index contributed by atoms with van der Waals surface area (Å²) < 4.78 is 26.3. The Balaban J connectivity index is 2.21. The summed E-state index contributed by atoms with van der Waals surface area (Å²) in [7, 11) is -3.27. The van der Waals surface area contributed by atoms with E-state index in [2.05, 4.69) is 10.6 Å². The van der Waals surface area contributed by atoms with Gasteiger partial charge in [0, 0.05) is 17.8 Å². The van der Waals surface area contributed by atoms with E-state index in [4.69, 9.17) is 0 Å². The zero-order chi connectivity index (χ0) is 18.0. The van der Waals surface area contributed by atoms with Crippen molar-refractivity contribution in [3.05, 3.63) is 23.8 Å². The summed E-state index contributed by atoms with van der Waals surface area (Å²) in [4.78, 5) is 12.0. The van der Waals surface area contributed by atoms with Crippen LogP contribution >= 0.6 is 0 Å². The van der Waals surface area contributed by atoms with Gasteiger partial charge in [-0.3, -0.25) is 4.31 Å². The third-order valence-corrected chi connectivity index (χ3v) is 5.67. The van der Waals surface area contributed by atoms with Crippen LogP contribution in [0.25, 0.3) is 0 Å². The summed E-state index contributed by atoms with van der Waals surface area (Å²) in [5.74, 6) is 0.153. The molecule has 2 N–H and O–H groups in total. The Morgan fingerprint density at radius 2 is 2.00 bits per heavy atom. The van der Waals surface area contributed by atoms with Gasteiger partial charge in [0.25, 0.3) is 0 Å². The minimum absolute atomic E-state index is 0.153. The lowest BCUT2D eigenvalue weighted by Crippen LogP contribution is -2.43. The second-order valence-corrected chi connectivity index (χ2v) is 9.18. The average molecular weight is 353 g/mol. The van der Waals surface area contributed by atoms with E-state index in [1.54, 1.807) is 12.1 Å². The molecule has 0 unspecified atom stereocenters. The standard InChI is InChI=1S/C17H27N3O3S/c1-5-11-24(22,23)20-10-6-7-13-12-14(8-9-15(13)20)18-16(21)19-17(2,3)4/h8-9,12H,5-7,10-11H2,1-4H3,(H2,18,19,21). The summed E-state index contributed by atoms with van der Waals surface area (Å²) in [6.07, 6.45) is 2.19. The number of carbonyl (C=O) groups excluding carboxylic acids is 1. The Bertz CT molecular complexity index is 708. The first kappa shape index (κ1) is 18.6. The van der Waals surface area contributed by atoms with Crippen LogP contribution in [0.15, 0.2) is 18.2 Å². The van der Waals surface area contributed by atoms with Crippen molar-refractivity contribution < 1.29 is 13.2 Å². The van der Waals surface area contributed by atoms with Crippen LogP contribution < -0.4 is 14.9 Å².